The first-order valence-electron chi connectivity index (χ1n) is 13.4. The van der Waals surface area contributed by atoms with Gasteiger partial charge in [0.05, 0.1) is 19.0 Å². The molecule has 1 fully saturated rings. The summed E-state index contributed by atoms with van der Waals surface area (Å²) in [6.07, 6.45) is 6.78. The second-order valence-electron chi connectivity index (χ2n) is 9.68. The molecule has 0 radical (unpaired) electrons. The zero-order valence-corrected chi connectivity index (χ0v) is 21.7. The zero-order chi connectivity index (χ0) is 27.2. The molecule has 204 valence electrons. The topological polar surface area (TPSA) is 137 Å². The van der Waals surface area contributed by atoms with Crippen LogP contribution in [0, 0.1) is 0 Å². The van der Waals surface area contributed by atoms with Gasteiger partial charge in [-0.3, -0.25) is 14.4 Å². The summed E-state index contributed by atoms with van der Waals surface area (Å²) < 4.78 is 0. The van der Waals surface area contributed by atoms with Crippen molar-refractivity contribution in [2.24, 2.45) is 0 Å². The Morgan fingerprint density at radius 3 is 2.18 bits per heavy atom. The molecule has 2 aromatic carbocycles. The number of carbonyl (C=O) groups is 4. The Bertz CT molecular complexity index is 1050. The van der Waals surface area contributed by atoms with Crippen molar-refractivity contribution in [3.05, 3.63) is 60.2 Å². The molecule has 0 aromatic heterocycles. The van der Waals surface area contributed by atoms with Crippen LogP contribution in [0.15, 0.2) is 54.6 Å². The predicted molar refractivity (Wildman–Crippen MR) is 145 cm³/mol. The largest absolute Gasteiger partial charge is 0.481 e. The van der Waals surface area contributed by atoms with E-state index in [1.165, 1.54) is 6.42 Å². The normalized spacial score (nSPS) is 14.2. The van der Waals surface area contributed by atoms with Gasteiger partial charge in [0.1, 0.15) is 0 Å². The van der Waals surface area contributed by atoms with Crippen LogP contribution in [0.3, 0.4) is 0 Å². The third-order valence-corrected chi connectivity index (χ3v) is 6.64. The summed E-state index contributed by atoms with van der Waals surface area (Å²) >= 11 is 0. The van der Waals surface area contributed by atoms with E-state index in [4.69, 9.17) is 0 Å². The van der Waals surface area contributed by atoms with E-state index in [1.54, 1.807) is 12.1 Å². The van der Waals surface area contributed by atoms with E-state index >= 15 is 0 Å². The molecule has 1 aliphatic rings. The molecule has 1 unspecified atom stereocenters. The number of amides is 4. The third kappa shape index (κ3) is 10.2. The van der Waals surface area contributed by atoms with E-state index in [2.05, 4.69) is 21.3 Å². The van der Waals surface area contributed by atoms with Crippen molar-refractivity contribution in [1.29, 1.82) is 0 Å². The summed E-state index contributed by atoms with van der Waals surface area (Å²) in [5.41, 5.74) is 2.70. The molecule has 1 saturated carbocycles. The molecule has 0 bridgehead atoms. The van der Waals surface area contributed by atoms with Crippen LogP contribution < -0.4 is 21.3 Å². The molecule has 4 amide bonds. The van der Waals surface area contributed by atoms with Crippen LogP contribution >= 0.6 is 0 Å². The van der Waals surface area contributed by atoms with E-state index in [0.717, 1.165) is 36.8 Å². The number of aliphatic carboxylic acids is 1. The van der Waals surface area contributed by atoms with Crippen LogP contribution in [-0.4, -0.2) is 48.1 Å². The lowest BCUT2D eigenvalue weighted by atomic mass is 9.96. The Kier molecular flexibility index (Phi) is 11.6. The van der Waals surface area contributed by atoms with Crippen LogP contribution in [0.4, 0.5) is 4.79 Å². The van der Waals surface area contributed by atoms with Gasteiger partial charge in [0, 0.05) is 19.0 Å². The van der Waals surface area contributed by atoms with E-state index in [-0.39, 0.29) is 37.4 Å². The molecule has 0 spiro atoms. The monoisotopic (exact) mass is 522 g/mol. The molecule has 1 atom stereocenters. The summed E-state index contributed by atoms with van der Waals surface area (Å²) in [4.78, 5) is 47.9. The third-order valence-electron chi connectivity index (χ3n) is 6.64. The number of carboxylic acid groups (broad SMARTS) is 1. The summed E-state index contributed by atoms with van der Waals surface area (Å²) in [6.45, 7) is 0.241. The summed E-state index contributed by atoms with van der Waals surface area (Å²) in [7, 11) is 0. The van der Waals surface area contributed by atoms with E-state index in [0.29, 0.717) is 24.9 Å². The molecule has 0 heterocycles. The van der Waals surface area contributed by atoms with Crippen LogP contribution in [0.25, 0.3) is 11.1 Å². The number of carboxylic acids is 1. The molecule has 0 saturated heterocycles. The number of urea groups is 1. The molecule has 9 heteroatoms. The standard InChI is InChI=1S/C29H38N4O5/c34-26(13-7-8-18-30-29(38)32-24-11-5-2-6-12-24)31-20-27(35)33-25(19-28(36)37)23-16-14-22(15-17-23)21-9-3-1-4-10-21/h1,3-4,9-10,14-17,24-25H,2,5-8,11-13,18-20H2,(H,31,34)(H,33,35)(H,36,37)(H2,30,32,38). The fraction of sp³-hybridized carbons (Fsp3) is 0.448. The van der Waals surface area contributed by atoms with Crippen molar-refractivity contribution in [3.8, 4) is 11.1 Å². The highest BCUT2D eigenvalue weighted by molar-refractivity contribution is 5.85. The predicted octanol–water partition coefficient (Wildman–Crippen LogP) is 3.90. The van der Waals surface area contributed by atoms with Gasteiger partial charge in [-0.15, -0.1) is 0 Å². The van der Waals surface area contributed by atoms with Gasteiger partial charge in [-0.1, -0.05) is 73.9 Å². The SMILES string of the molecule is O=C(O)CC(NC(=O)CNC(=O)CCCCNC(=O)NC1CCCCC1)c1ccc(-c2ccccc2)cc1. The van der Waals surface area contributed by atoms with Gasteiger partial charge in [0.25, 0.3) is 0 Å². The lowest BCUT2D eigenvalue weighted by Crippen LogP contribution is -2.43. The van der Waals surface area contributed by atoms with Crippen LogP contribution in [0.5, 0.6) is 0 Å². The van der Waals surface area contributed by atoms with Crippen molar-refractivity contribution in [2.45, 2.75) is 69.9 Å². The van der Waals surface area contributed by atoms with Gasteiger partial charge >= 0.3 is 12.0 Å². The van der Waals surface area contributed by atoms with E-state index in [9.17, 15) is 24.3 Å². The minimum atomic E-state index is -1.03. The Labute approximate surface area is 223 Å². The first-order valence-corrected chi connectivity index (χ1v) is 13.4. The number of nitrogens with one attached hydrogen (secondary N) is 4. The van der Waals surface area contributed by atoms with Crippen molar-refractivity contribution >= 4 is 23.8 Å². The molecule has 3 rings (SSSR count). The van der Waals surface area contributed by atoms with Crippen molar-refractivity contribution in [1.82, 2.24) is 21.3 Å². The minimum absolute atomic E-state index is 0.163. The highest BCUT2D eigenvalue weighted by Gasteiger charge is 2.19. The molecule has 0 aliphatic heterocycles. The number of unbranched alkanes of at least 4 members (excludes halogenated alkanes) is 1. The van der Waals surface area contributed by atoms with Crippen molar-refractivity contribution in [2.75, 3.05) is 13.1 Å². The average Bonchev–Trinajstić information content (AvgIpc) is 2.92. The highest BCUT2D eigenvalue weighted by atomic mass is 16.4. The quantitative estimate of drug-likeness (QED) is 0.254. The van der Waals surface area contributed by atoms with Crippen LogP contribution in [-0.2, 0) is 14.4 Å². The maximum absolute atomic E-state index is 12.4. The summed E-state index contributed by atoms with van der Waals surface area (Å²) in [5.74, 6) is -1.76. The minimum Gasteiger partial charge on any atom is -0.481 e. The second-order valence-corrected chi connectivity index (χ2v) is 9.68. The number of carbonyl (C=O) groups excluding carboxylic acids is 3. The Balaban J connectivity index is 1.35. The number of hydrogen-bond donors (Lipinski definition) is 5. The number of benzene rings is 2. The van der Waals surface area contributed by atoms with Gasteiger partial charge in [-0.2, -0.15) is 0 Å². The molecular weight excluding hydrogens is 484 g/mol. The zero-order valence-electron chi connectivity index (χ0n) is 21.7. The fourth-order valence-electron chi connectivity index (χ4n) is 4.57. The van der Waals surface area contributed by atoms with Crippen molar-refractivity contribution < 1.29 is 24.3 Å². The van der Waals surface area contributed by atoms with Crippen LogP contribution in [0.2, 0.25) is 0 Å². The summed E-state index contributed by atoms with van der Waals surface area (Å²) in [5, 5.41) is 20.4. The number of rotatable bonds is 13. The van der Waals surface area contributed by atoms with Crippen LogP contribution in [0.1, 0.15) is 69.4 Å². The molecule has 9 nitrogen and oxygen atoms in total. The van der Waals surface area contributed by atoms with Gasteiger partial charge < -0.3 is 26.4 Å². The Morgan fingerprint density at radius 2 is 1.50 bits per heavy atom. The van der Waals surface area contributed by atoms with E-state index < -0.39 is 17.9 Å². The molecule has 2 aromatic rings. The fourth-order valence-corrected chi connectivity index (χ4v) is 4.57. The van der Waals surface area contributed by atoms with Crippen molar-refractivity contribution in [3.63, 3.8) is 0 Å². The van der Waals surface area contributed by atoms with Gasteiger partial charge in [-0.05, 0) is 42.4 Å². The maximum atomic E-state index is 12.4. The first-order chi connectivity index (χ1) is 18.4. The molecular formula is C29H38N4O5. The Hall–Kier alpha value is -3.88. The van der Waals surface area contributed by atoms with Gasteiger partial charge in [-0.25, -0.2) is 4.79 Å². The maximum Gasteiger partial charge on any atom is 0.315 e. The Morgan fingerprint density at radius 1 is 0.816 bits per heavy atom. The molecule has 5 N–H and O–H groups in total. The van der Waals surface area contributed by atoms with Gasteiger partial charge in [0.15, 0.2) is 0 Å². The second kappa shape index (κ2) is 15.4. The smallest absolute Gasteiger partial charge is 0.315 e. The van der Waals surface area contributed by atoms with Gasteiger partial charge in [0.2, 0.25) is 11.8 Å². The highest BCUT2D eigenvalue weighted by Crippen LogP contribution is 2.23. The summed E-state index contributed by atoms with van der Waals surface area (Å²) in [6, 6.07) is 16.6. The molecule has 38 heavy (non-hydrogen) atoms. The van der Waals surface area contributed by atoms with E-state index in [1.807, 2.05) is 42.5 Å². The molecule has 1 aliphatic carbocycles. The lowest BCUT2D eigenvalue weighted by Gasteiger charge is -2.22. The lowest BCUT2D eigenvalue weighted by molar-refractivity contribution is -0.138. The number of hydrogen-bond acceptors (Lipinski definition) is 4. The average molecular weight is 523 g/mol. The first kappa shape index (κ1) is 28.7.